The lowest BCUT2D eigenvalue weighted by molar-refractivity contribution is 0.0697. The van der Waals surface area contributed by atoms with Crippen molar-refractivity contribution in [1.29, 1.82) is 0 Å². The third-order valence-corrected chi connectivity index (χ3v) is 3.71. The van der Waals surface area contributed by atoms with E-state index in [0.717, 1.165) is 15.1 Å². The molecule has 0 saturated carbocycles. The Hall–Kier alpha value is -2.21. The highest BCUT2D eigenvalue weighted by molar-refractivity contribution is 7.19. The van der Waals surface area contributed by atoms with Crippen molar-refractivity contribution in [2.24, 2.45) is 0 Å². The van der Waals surface area contributed by atoms with Crippen LogP contribution in [0.2, 0.25) is 0 Å². The summed E-state index contributed by atoms with van der Waals surface area (Å²) in [4.78, 5) is 29.6. The molecule has 2 N–H and O–H groups in total. The van der Waals surface area contributed by atoms with Crippen molar-refractivity contribution in [3.63, 3.8) is 0 Å². The molecule has 6 heteroatoms. The van der Waals surface area contributed by atoms with Gasteiger partial charge in [0.15, 0.2) is 0 Å². The van der Waals surface area contributed by atoms with Crippen molar-refractivity contribution >= 4 is 38.4 Å². The molecule has 3 rings (SSSR count). The molecule has 18 heavy (non-hydrogen) atoms. The molecule has 90 valence electrons. The number of hydrogen-bond donors (Lipinski definition) is 2. The van der Waals surface area contributed by atoms with Gasteiger partial charge in [-0.3, -0.25) is 4.79 Å². The fourth-order valence-electron chi connectivity index (χ4n) is 1.92. The standard InChI is InChI=1S/C12H8N2O3S/c1-5-13-9-10(18-5)7-3-2-6(12(16)17)4-8(7)14-11(9)15/h2-4H,1H3,(H,14,15)(H,16,17). The van der Waals surface area contributed by atoms with Crippen LogP contribution < -0.4 is 5.56 Å². The molecule has 0 aliphatic rings. The van der Waals surface area contributed by atoms with Crippen LogP contribution >= 0.6 is 11.3 Å². The fourth-order valence-corrected chi connectivity index (χ4v) is 2.88. The number of nitrogens with zero attached hydrogens (tertiary/aromatic N) is 1. The highest BCUT2D eigenvalue weighted by Crippen LogP contribution is 2.27. The zero-order chi connectivity index (χ0) is 12.9. The van der Waals surface area contributed by atoms with Gasteiger partial charge in [0.2, 0.25) is 0 Å². The Morgan fingerprint density at radius 1 is 1.44 bits per heavy atom. The maximum atomic E-state index is 11.8. The molecule has 0 aliphatic carbocycles. The van der Waals surface area contributed by atoms with Crippen LogP contribution in [0.5, 0.6) is 0 Å². The molecule has 2 heterocycles. The SMILES string of the molecule is Cc1nc2c(=O)[nH]c3cc(C(=O)O)ccc3c2s1. The number of rotatable bonds is 1. The van der Waals surface area contributed by atoms with Gasteiger partial charge < -0.3 is 10.1 Å². The van der Waals surface area contributed by atoms with Gasteiger partial charge in [-0.15, -0.1) is 11.3 Å². The quantitative estimate of drug-likeness (QED) is 0.702. The second kappa shape index (κ2) is 3.64. The van der Waals surface area contributed by atoms with E-state index in [2.05, 4.69) is 9.97 Å². The highest BCUT2D eigenvalue weighted by Gasteiger charge is 2.11. The summed E-state index contributed by atoms with van der Waals surface area (Å²) in [6.07, 6.45) is 0. The summed E-state index contributed by atoms with van der Waals surface area (Å²) in [5.74, 6) is -1.02. The number of pyridine rings is 1. The van der Waals surface area contributed by atoms with E-state index >= 15 is 0 Å². The first kappa shape index (κ1) is 10.9. The highest BCUT2D eigenvalue weighted by atomic mass is 32.1. The summed E-state index contributed by atoms with van der Waals surface area (Å²) >= 11 is 1.43. The number of nitrogens with one attached hydrogen (secondary N) is 1. The Balaban J connectivity index is 2.49. The normalized spacial score (nSPS) is 11.2. The summed E-state index contributed by atoms with van der Waals surface area (Å²) in [6.45, 7) is 1.83. The Morgan fingerprint density at radius 2 is 2.22 bits per heavy atom. The van der Waals surface area contributed by atoms with E-state index < -0.39 is 5.97 Å². The van der Waals surface area contributed by atoms with Crippen LogP contribution in [0, 0.1) is 6.92 Å². The molecule has 0 fully saturated rings. The van der Waals surface area contributed by atoms with Gasteiger partial charge in [0.1, 0.15) is 5.52 Å². The van der Waals surface area contributed by atoms with Gasteiger partial charge in [0, 0.05) is 5.39 Å². The summed E-state index contributed by atoms with van der Waals surface area (Å²) < 4.78 is 0.795. The van der Waals surface area contributed by atoms with Gasteiger partial charge in [0.05, 0.1) is 20.8 Å². The van der Waals surface area contributed by atoms with Crippen LogP contribution in [0.15, 0.2) is 23.0 Å². The topological polar surface area (TPSA) is 83.0 Å². The number of carboxylic acid groups (broad SMARTS) is 1. The lowest BCUT2D eigenvalue weighted by Gasteiger charge is -2.00. The maximum absolute atomic E-state index is 11.8. The van der Waals surface area contributed by atoms with Crippen molar-refractivity contribution in [3.8, 4) is 0 Å². The molecule has 3 aromatic rings. The van der Waals surface area contributed by atoms with E-state index in [-0.39, 0.29) is 11.1 Å². The van der Waals surface area contributed by atoms with Gasteiger partial charge in [-0.1, -0.05) is 6.07 Å². The van der Waals surface area contributed by atoms with Gasteiger partial charge in [-0.05, 0) is 19.1 Å². The van der Waals surface area contributed by atoms with Crippen molar-refractivity contribution in [3.05, 3.63) is 39.1 Å². The molecule has 2 aromatic heterocycles. The van der Waals surface area contributed by atoms with Crippen LogP contribution in [0.3, 0.4) is 0 Å². The van der Waals surface area contributed by atoms with E-state index in [0.29, 0.717) is 11.0 Å². The minimum atomic E-state index is -1.02. The number of aryl methyl sites for hydroxylation is 1. The number of carbonyl (C=O) groups is 1. The number of carboxylic acids is 1. The third kappa shape index (κ3) is 1.50. The Kier molecular flexibility index (Phi) is 2.21. The minimum Gasteiger partial charge on any atom is -0.478 e. The first-order chi connectivity index (χ1) is 8.56. The number of hydrogen-bond acceptors (Lipinski definition) is 4. The average Bonchev–Trinajstić information content (AvgIpc) is 2.71. The minimum absolute atomic E-state index is 0.152. The zero-order valence-corrected chi connectivity index (χ0v) is 10.2. The van der Waals surface area contributed by atoms with E-state index in [9.17, 15) is 9.59 Å². The van der Waals surface area contributed by atoms with Gasteiger partial charge in [0.25, 0.3) is 5.56 Å². The molecule has 0 bridgehead atoms. The summed E-state index contributed by atoms with van der Waals surface area (Å²) in [7, 11) is 0. The van der Waals surface area contributed by atoms with E-state index in [1.807, 2.05) is 6.92 Å². The van der Waals surface area contributed by atoms with E-state index in [1.165, 1.54) is 23.5 Å². The molecule has 0 radical (unpaired) electrons. The largest absolute Gasteiger partial charge is 0.478 e. The van der Waals surface area contributed by atoms with Crippen LogP contribution in [-0.2, 0) is 0 Å². The molecule has 5 nitrogen and oxygen atoms in total. The predicted octanol–water partition coefficient (Wildman–Crippen LogP) is 2.14. The average molecular weight is 260 g/mol. The first-order valence-corrected chi connectivity index (χ1v) is 6.04. The summed E-state index contributed by atoms with van der Waals surface area (Å²) in [5, 5.41) is 10.6. The smallest absolute Gasteiger partial charge is 0.335 e. The molecule has 0 aliphatic heterocycles. The molecule has 1 aromatic carbocycles. The number of aromatic carboxylic acids is 1. The van der Waals surface area contributed by atoms with Crippen molar-refractivity contribution in [1.82, 2.24) is 9.97 Å². The zero-order valence-electron chi connectivity index (χ0n) is 9.35. The van der Waals surface area contributed by atoms with Gasteiger partial charge in [-0.25, -0.2) is 9.78 Å². The van der Waals surface area contributed by atoms with E-state index in [4.69, 9.17) is 5.11 Å². The number of aromatic nitrogens is 2. The van der Waals surface area contributed by atoms with Gasteiger partial charge in [-0.2, -0.15) is 0 Å². The lowest BCUT2D eigenvalue weighted by atomic mass is 10.1. The number of fused-ring (bicyclic) bond motifs is 3. The fraction of sp³-hybridized carbons (Fsp3) is 0.0833. The Bertz CT molecular complexity index is 848. The van der Waals surface area contributed by atoms with Gasteiger partial charge >= 0.3 is 5.97 Å². The van der Waals surface area contributed by atoms with Crippen LogP contribution in [0.25, 0.3) is 21.1 Å². The molecule has 0 amide bonds. The molecular weight excluding hydrogens is 252 g/mol. The van der Waals surface area contributed by atoms with Crippen molar-refractivity contribution in [2.45, 2.75) is 6.92 Å². The lowest BCUT2D eigenvalue weighted by Crippen LogP contribution is -2.07. The summed E-state index contributed by atoms with van der Waals surface area (Å²) in [6, 6.07) is 4.69. The molecule has 0 spiro atoms. The molecule has 0 saturated heterocycles. The van der Waals surface area contributed by atoms with Crippen LogP contribution in [0.1, 0.15) is 15.4 Å². The third-order valence-electron chi connectivity index (χ3n) is 2.71. The maximum Gasteiger partial charge on any atom is 0.335 e. The number of thiazole rings is 1. The van der Waals surface area contributed by atoms with E-state index in [1.54, 1.807) is 6.07 Å². The molecular formula is C12H8N2O3S. The second-order valence-electron chi connectivity index (χ2n) is 3.93. The second-order valence-corrected chi connectivity index (χ2v) is 5.13. The van der Waals surface area contributed by atoms with Crippen LogP contribution in [-0.4, -0.2) is 21.0 Å². The van der Waals surface area contributed by atoms with Crippen molar-refractivity contribution < 1.29 is 9.90 Å². The Labute approximate surface area is 105 Å². The van der Waals surface area contributed by atoms with Crippen molar-refractivity contribution in [2.75, 3.05) is 0 Å². The number of H-pyrrole nitrogens is 1. The number of benzene rings is 1. The number of aromatic amines is 1. The first-order valence-electron chi connectivity index (χ1n) is 5.23. The molecule has 0 unspecified atom stereocenters. The monoisotopic (exact) mass is 260 g/mol. The Morgan fingerprint density at radius 3 is 2.94 bits per heavy atom. The summed E-state index contributed by atoms with van der Waals surface area (Å²) in [5.41, 5.74) is 0.798. The predicted molar refractivity (Wildman–Crippen MR) is 69.4 cm³/mol. The molecule has 0 atom stereocenters. The van der Waals surface area contributed by atoms with Crippen LogP contribution in [0.4, 0.5) is 0 Å².